The van der Waals surface area contributed by atoms with Crippen molar-refractivity contribution in [3.63, 3.8) is 0 Å². The van der Waals surface area contributed by atoms with Gasteiger partial charge in [0.1, 0.15) is 13.6 Å². The van der Waals surface area contributed by atoms with Crippen LogP contribution in [0.3, 0.4) is 0 Å². The van der Waals surface area contributed by atoms with Gasteiger partial charge in [-0.1, -0.05) is 61.4 Å². The van der Waals surface area contributed by atoms with Gasteiger partial charge in [0.15, 0.2) is 0 Å². The molecule has 0 N–H and O–H groups in total. The van der Waals surface area contributed by atoms with Gasteiger partial charge in [-0.25, -0.2) is 0 Å². The lowest BCUT2D eigenvalue weighted by Gasteiger charge is -2.17. The molecule has 206 valence electrons. The van der Waals surface area contributed by atoms with Crippen molar-refractivity contribution in [3.8, 4) is 0 Å². The zero-order valence-electron chi connectivity index (χ0n) is 22.3. The summed E-state index contributed by atoms with van der Waals surface area (Å²) < 4.78 is 22.3. The fourth-order valence-corrected chi connectivity index (χ4v) is 12.3. The highest BCUT2D eigenvalue weighted by Gasteiger charge is 2.00. The summed E-state index contributed by atoms with van der Waals surface area (Å²) in [6.07, 6.45) is 4.55. The second-order valence-corrected chi connectivity index (χ2v) is 17.7. The molecule has 0 atom stereocenters. The van der Waals surface area contributed by atoms with E-state index in [0.29, 0.717) is 13.6 Å². The minimum absolute atomic E-state index is 0.0810. The first-order valence-electron chi connectivity index (χ1n) is 13.1. The molecule has 0 amide bonds. The van der Waals surface area contributed by atoms with Gasteiger partial charge in [-0.15, -0.1) is 0 Å². The molecule has 34 heavy (non-hydrogen) atoms. The molecule has 0 aliphatic rings. The van der Waals surface area contributed by atoms with Crippen molar-refractivity contribution in [1.82, 2.24) is 9.80 Å². The van der Waals surface area contributed by atoms with Crippen LogP contribution in [0.5, 0.6) is 0 Å². The van der Waals surface area contributed by atoms with E-state index in [-0.39, 0.29) is 19.0 Å². The summed E-state index contributed by atoms with van der Waals surface area (Å²) in [5, 5.41) is 0. The molecule has 0 fully saturated rings. The Bertz CT molecular complexity index is 359. The van der Waals surface area contributed by atoms with E-state index in [0.717, 1.165) is 64.9 Å². The van der Waals surface area contributed by atoms with E-state index < -0.39 is 0 Å². The molecule has 0 spiro atoms. The van der Waals surface area contributed by atoms with Crippen LogP contribution in [0.15, 0.2) is 0 Å². The van der Waals surface area contributed by atoms with E-state index >= 15 is 0 Å². The Morgan fingerprint density at radius 3 is 1.38 bits per heavy atom. The Hall–Kier alpha value is 1.59. The van der Waals surface area contributed by atoms with Crippen LogP contribution in [0.1, 0.15) is 40.5 Å². The average Bonchev–Trinajstić information content (AvgIpc) is 2.86. The highest BCUT2D eigenvalue weighted by Crippen LogP contribution is 2.43. The Kier molecular flexibility index (Phi) is 32.3. The van der Waals surface area contributed by atoms with Gasteiger partial charge in [0.2, 0.25) is 0 Å². The molecule has 0 aromatic heterocycles. The molecule has 0 bridgehead atoms. The molecule has 6 nitrogen and oxygen atoms in total. The van der Waals surface area contributed by atoms with Crippen LogP contribution in [0.4, 0.5) is 0 Å². The van der Waals surface area contributed by atoms with Crippen LogP contribution in [-0.2, 0) is 18.9 Å². The Labute approximate surface area is 230 Å². The van der Waals surface area contributed by atoms with Gasteiger partial charge in [0, 0.05) is 37.1 Å². The monoisotopic (exact) mass is 592 g/mol. The predicted octanol–water partition coefficient (Wildman–Crippen LogP) is 4.20. The first-order chi connectivity index (χ1) is 16.8. The van der Waals surface area contributed by atoms with Crippen LogP contribution in [0.25, 0.3) is 0 Å². The summed E-state index contributed by atoms with van der Waals surface area (Å²) in [5.74, 6) is 2.51. The maximum atomic E-state index is 5.62. The second-order valence-electron chi connectivity index (χ2n) is 7.82. The van der Waals surface area contributed by atoms with E-state index in [4.69, 9.17) is 18.9 Å². The fraction of sp³-hybridized carbons (Fsp3) is 1.00. The number of nitrogens with zero attached hydrogens (tertiary/aromatic N) is 2. The summed E-state index contributed by atoms with van der Waals surface area (Å²) in [5.41, 5.74) is 0. The smallest absolute Gasteiger partial charge is 0.146 e. The maximum absolute atomic E-state index is 5.62. The number of hydrogen-bond acceptors (Lipinski definition) is 10. The molecule has 0 aromatic carbocycles. The quantitative estimate of drug-likeness (QED) is 0.0547. The van der Waals surface area contributed by atoms with Crippen molar-refractivity contribution in [3.05, 3.63) is 0 Å². The third kappa shape index (κ3) is 26.7. The van der Waals surface area contributed by atoms with Gasteiger partial charge in [-0.3, -0.25) is 0 Å². The van der Waals surface area contributed by atoms with Gasteiger partial charge in [0.05, 0.1) is 32.3 Å². The zero-order chi connectivity index (χ0) is 25.0. The standard InChI is InChI=1S/C22H52N2O4S4Si2/c1-5-23(6-2)11-13-25-19-27-21-33-17-9-15-29-31-32-30-16-10-18-34-22-28-20-26-14-12-24(7-3)8-4/h5-22,33-34H2,1-4H3. The van der Waals surface area contributed by atoms with Gasteiger partial charge < -0.3 is 28.7 Å². The van der Waals surface area contributed by atoms with Crippen molar-refractivity contribution < 1.29 is 18.9 Å². The molecule has 0 saturated carbocycles. The highest BCUT2D eigenvalue weighted by atomic mass is 33.7. The molecular formula is C22H52N2O4S4Si2. The van der Waals surface area contributed by atoms with E-state index in [1.54, 1.807) is 0 Å². The molecule has 0 radical (unpaired) electrons. The number of ether oxygens (including phenoxy) is 4. The molecule has 0 rings (SSSR count). The van der Waals surface area contributed by atoms with Crippen molar-refractivity contribution in [1.29, 1.82) is 0 Å². The summed E-state index contributed by atoms with van der Waals surface area (Å²) in [7, 11) is 7.73. The lowest BCUT2D eigenvalue weighted by Crippen LogP contribution is -2.27. The van der Waals surface area contributed by atoms with Crippen molar-refractivity contribution in [2.45, 2.75) is 52.6 Å². The van der Waals surface area contributed by atoms with Crippen molar-refractivity contribution in [2.75, 3.05) is 90.0 Å². The van der Waals surface area contributed by atoms with Gasteiger partial charge in [0.25, 0.3) is 0 Å². The second kappa shape index (κ2) is 30.8. The normalized spacial score (nSPS) is 12.5. The van der Waals surface area contributed by atoms with Gasteiger partial charge in [-0.05, 0) is 58.7 Å². The fourth-order valence-electron chi connectivity index (χ4n) is 3.01. The first-order valence-corrected chi connectivity index (χ1v) is 22.3. The molecule has 12 heteroatoms. The third-order valence-electron chi connectivity index (χ3n) is 5.38. The molecule has 0 aromatic rings. The van der Waals surface area contributed by atoms with Crippen molar-refractivity contribution >= 4 is 60.3 Å². The SMILES string of the molecule is CCN(CC)CCOCOC[SiH2]CCCSSSSCCC[SiH2]COCOCCN(CC)CC. The van der Waals surface area contributed by atoms with E-state index in [2.05, 4.69) is 37.5 Å². The van der Waals surface area contributed by atoms with Crippen LogP contribution >= 0.6 is 41.2 Å². The summed E-state index contributed by atoms with van der Waals surface area (Å²) in [6.45, 7) is 17.6. The topological polar surface area (TPSA) is 43.4 Å². The largest absolute Gasteiger partial charge is 0.359 e. The minimum atomic E-state index is -0.0810. The molecule has 0 saturated heterocycles. The zero-order valence-corrected chi connectivity index (χ0v) is 28.4. The predicted molar refractivity (Wildman–Crippen MR) is 165 cm³/mol. The summed E-state index contributed by atoms with van der Waals surface area (Å²) in [6, 6.07) is 2.75. The molecular weight excluding hydrogens is 541 g/mol. The number of likely N-dealkylation sites (N-methyl/N-ethyl adjacent to an activating group) is 2. The Morgan fingerprint density at radius 2 is 1.00 bits per heavy atom. The molecule has 0 heterocycles. The van der Waals surface area contributed by atoms with E-state index in [1.807, 2.05) is 41.2 Å². The lowest BCUT2D eigenvalue weighted by molar-refractivity contribution is -0.0437. The average molecular weight is 593 g/mol. The van der Waals surface area contributed by atoms with E-state index in [1.165, 1.54) is 36.4 Å². The highest BCUT2D eigenvalue weighted by molar-refractivity contribution is 9.26. The summed E-state index contributed by atoms with van der Waals surface area (Å²) in [4.78, 5) is 4.74. The van der Waals surface area contributed by atoms with Crippen molar-refractivity contribution in [2.24, 2.45) is 0 Å². The van der Waals surface area contributed by atoms with Crippen LogP contribution < -0.4 is 0 Å². The third-order valence-corrected chi connectivity index (χ3v) is 15.2. The first kappa shape index (κ1) is 35.6. The minimum Gasteiger partial charge on any atom is -0.359 e. The molecule has 0 unspecified atom stereocenters. The number of hydrogen-bond donors (Lipinski definition) is 0. The maximum Gasteiger partial charge on any atom is 0.146 e. The van der Waals surface area contributed by atoms with Crippen LogP contribution in [0.2, 0.25) is 12.1 Å². The molecule has 0 aliphatic heterocycles. The van der Waals surface area contributed by atoms with Gasteiger partial charge >= 0.3 is 0 Å². The Morgan fingerprint density at radius 1 is 0.588 bits per heavy atom. The lowest BCUT2D eigenvalue weighted by atomic mass is 10.5. The van der Waals surface area contributed by atoms with Crippen LogP contribution in [0, 0.1) is 0 Å². The van der Waals surface area contributed by atoms with Crippen LogP contribution in [-0.4, -0.2) is 119 Å². The van der Waals surface area contributed by atoms with E-state index in [9.17, 15) is 0 Å². The molecule has 0 aliphatic carbocycles. The Balaban J connectivity index is 3.09. The number of rotatable bonds is 29. The summed E-state index contributed by atoms with van der Waals surface area (Å²) >= 11 is 0. The van der Waals surface area contributed by atoms with Gasteiger partial charge in [-0.2, -0.15) is 0 Å².